The Labute approximate surface area is 153 Å². The minimum Gasteiger partial charge on any atom is -0.339 e. The molecule has 2 heterocycles. The van der Waals surface area contributed by atoms with Crippen molar-refractivity contribution in [3.63, 3.8) is 0 Å². The molecule has 1 amide bonds. The van der Waals surface area contributed by atoms with Crippen molar-refractivity contribution in [3.05, 3.63) is 47.5 Å². The molecule has 0 bridgehead atoms. The summed E-state index contributed by atoms with van der Waals surface area (Å²) in [6.07, 6.45) is 3.66. The van der Waals surface area contributed by atoms with Crippen molar-refractivity contribution in [2.75, 3.05) is 26.7 Å². The third-order valence-electron chi connectivity index (χ3n) is 4.71. The minimum absolute atomic E-state index is 0. The molecule has 0 radical (unpaired) electrons. The second kappa shape index (κ2) is 8.45. The van der Waals surface area contributed by atoms with Crippen molar-refractivity contribution in [1.29, 1.82) is 0 Å². The van der Waals surface area contributed by atoms with Crippen molar-refractivity contribution in [1.82, 2.24) is 20.0 Å². The summed E-state index contributed by atoms with van der Waals surface area (Å²) in [6.45, 7) is 4.44. The number of hydrogen-bond acceptors (Lipinski definition) is 3. The van der Waals surface area contributed by atoms with Crippen LogP contribution in [-0.2, 0) is 0 Å². The molecule has 2 aromatic rings. The molecule has 0 spiro atoms. The van der Waals surface area contributed by atoms with Gasteiger partial charge in [0.1, 0.15) is 5.82 Å². The fourth-order valence-corrected chi connectivity index (χ4v) is 3.26. The van der Waals surface area contributed by atoms with Crippen LogP contribution in [0.2, 0.25) is 0 Å². The molecular formula is C18H24ClFN4O. The van der Waals surface area contributed by atoms with E-state index in [9.17, 15) is 9.18 Å². The number of nitrogens with zero attached hydrogens (tertiary/aromatic N) is 3. The van der Waals surface area contributed by atoms with E-state index in [0.29, 0.717) is 11.5 Å². The number of hydrogen-bond donors (Lipinski definition) is 1. The Morgan fingerprint density at radius 3 is 2.52 bits per heavy atom. The Morgan fingerprint density at radius 1 is 1.28 bits per heavy atom. The summed E-state index contributed by atoms with van der Waals surface area (Å²) < 4.78 is 14.8. The van der Waals surface area contributed by atoms with Crippen LogP contribution in [-0.4, -0.2) is 47.3 Å². The van der Waals surface area contributed by atoms with Gasteiger partial charge in [0.05, 0.1) is 23.1 Å². The Hall–Kier alpha value is -1.92. The van der Waals surface area contributed by atoms with Gasteiger partial charge < -0.3 is 10.2 Å². The molecule has 0 saturated carbocycles. The predicted molar refractivity (Wildman–Crippen MR) is 98.1 cm³/mol. The second-order valence-corrected chi connectivity index (χ2v) is 6.33. The molecule has 0 aliphatic carbocycles. The Morgan fingerprint density at radius 2 is 1.92 bits per heavy atom. The molecule has 1 aliphatic rings. The van der Waals surface area contributed by atoms with Gasteiger partial charge in [0.25, 0.3) is 5.91 Å². The highest BCUT2D eigenvalue weighted by atomic mass is 35.5. The smallest absolute Gasteiger partial charge is 0.257 e. The SMILES string of the molecule is CNCC1CCN(C(=O)c2cnn(-c3ccc(F)cc3)c2C)CC1.Cl. The van der Waals surface area contributed by atoms with Crippen LogP contribution >= 0.6 is 12.4 Å². The zero-order valence-corrected chi connectivity index (χ0v) is 15.4. The Kier molecular flexibility index (Phi) is 6.56. The molecule has 25 heavy (non-hydrogen) atoms. The lowest BCUT2D eigenvalue weighted by molar-refractivity contribution is 0.0690. The number of rotatable bonds is 4. The number of aromatic nitrogens is 2. The minimum atomic E-state index is -0.288. The molecule has 1 N–H and O–H groups in total. The first-order valence-corrected chi connectivity index (χ1v) is 8.34. The number of likely N-dealkylation sites (tertiary alicyclic amines) is 1. The van der Waals surface area contributed by atoms with Gasteiger partial charge in [-0.05, 0) is 63.5 Å². The monoisotopic (exact) mass is 366 g/mol. The van der Waals surface area contributed by atoms with E-state index in [1.54, 1.807) is 23.0 Å². The summed E-state index contributed by atoms with van der Waals surface area (Å²) in [5.41, 5.74) is 2.15. The number of benzene rings is 1. The van der Waals surface area contributed by atoms with E-state index in [4.69, 9.17) is 0 Å². The third-order valence-corrected chi connectivity index (χ3v) is 4.71. The first-order chi connectivity index (χ1) is 11.6. The van der Waals surface area contributed by atoms with E-state index in [2.05, 4.69) is 10.4 Å². The fourth-order valence-electron chi connectivity index (χ4n) is 3.26. The highest BCUT2D eigenvalue weighted by molar-refractivity contribution is 5.95. The van der Waals surface area contributed by atoms with Crippen LogP contribution in [0.5, 0.6) is 0 Å². The molecule has 3 rings (SSSR count). The van der Waals surface area contributed by atoms with Crippen LogP contribution in [0.15, 0.2) is 30.5 Å². The van der Waals surface area contributed by atoms with E-state index < -0.39 is 0 Å². The van der Waals surface area contributed by atoms with Crippen LogP contribution in [0.4, 0.5) is 4.39 Å². The summed E-state index contributed by atoms with van der Waals surface area (Å²) in [4.78, 5) is 14.7. The number of amides is 1. The number of carbonyl (C=O) groups excluding carboxylic acids is 1. The lowest BCUT2D eigenvalue weighted by Crippen LogP contribution is -2.40. The van der Waals surface area contributed by atoms with Gasteiger partial charge in [-0.15, -0.1) is 12.4 Å². The maximum Gasteiger partial charge on any atom is 0.257 e. The van der Waals surface area contributed by atoms with Crippen LogP contribution in [0.25, 0.3) is 5.69 Å². The highest BCUT2D eigenvalue weighted by Crippen LogP contribution is 2.21. The molecule has 1 saturated heterocycles. The molecule has 1 fully saturated rings. The van der Waals surface area contributed by atoms with Gasteiger partial charge in [-0.1, -0.05) is 0 Å². The third kappa shape index (κ3) is 4.19. The Bertz CT molecular complexity index is 708. The first-order valence-electron chi connectivity index (χ1n) is 8.34. The second-order valence-electron chi connectivity index (χ2n) is 6.33. The van der Waals surface area contributed by atoms with Gasteiger partial charge in [0.15, 0.2) is 0 Å². The van der Waals surface area contributed by atoms with Crippen LogP contribution in [0.3, 0.4) is 0 Å². The number of piperidine rings is 1. The van der Waals surface area contributed by atoms with Crippen LogP contribution < -0.4 is 5.32 Å². The lowest BCUT2D eigenvalue weighted by Gasteiger charge is -2.31. The van der Waals surface area contributed by atoms with Crippen LogP contribution in [0, 0.1) is 18.7 Å². The maximum absolute atomic E-state index is 13.1. The molecule has 0 unspecified atom stereocenters. The molecule has 7 heteroatoms. The van der Waals surface area contributed by atoms with Gasteiger partial charge in [0.2, 0.25) is 0 Å². The van der Waals surface area contributed by atoms with Gasteiger partial charge in [-0.2, -0.15) is 5.10 Å². The molecule has 1 aromatic heterocycles. The van der Waals surface area contributed by atoms with Crippen molar-refractivity contribution in [3.8, 4) is 5.69 Å². The van der Waals surface area contributed by atoms with E-state index in [0.717, 1.165) is 43.9 Å². The Balaban J connectivity index is 0.00000225. The van der Waals surface area contributed by atoms with Gasteiger partial charge in [-0.3, -0.25) is 4.79 Å². The van der Waals surface area contributed by atoms with Crippen molar-refractivity contribution in [2.45, 2.75) is 19.8 Å². The number of nitrogens with one attached hydrogen (secondary N) is 1. The van der Waals surface area contributed by atoms with Crippen molar-refractivity contribution < 1.29 is 9.18 Å². The summed E-state index contributed by atoms with van der Waals surface area (Å²) in [6, 6.07) is 6.11. The standard InChI is InChI=1S/C18H23FN4O.ClH/c1-13-17(12-21-23(13)16-5-3-15(19)4-6-16)18(24)22-9-7-14(8-10-22)11-20-2;/h3-6,12,14,20H,7-11H2,1-2H3;1H. The fraction of sp³-hybridized carbons (Fsp3) is 0.444. The molecule has 1 aliphatic heterocycles. The summed E-state index contributed by atoms with van der Waals surface area (Å²) in [7, 11) is 1.96. The molecular weight excluding hydrogens is 343 g/mol. The normalized spacial score (nSPS) is 15.1. The van der Waals surface area contributed by atoms with Gasteiger partial charge >= 0.3 is 0 Å². The molecule has 136 valence electrons. The van der Waals surface area contributed by atoms with Crippen molar-refractivity contribution >= 4 is 18.3 Å². The molecule has 5 nitrogen and oxygen atoms in total. The highest BCUT2D eigenvalue weighted by Gasteiger charge is 2.25. The van der Waals surface area contributed by atoms with Gasteiger partial charge in [-0.25, -0.2) is 9.07 Å². The summed E-state index contributed by atoms with van der Waals surface area (Å²) in [5, 5.41) is 7.52. The van der Waals surface area contributed by atoms with Crippen LogP contribution in [0.1, 0.15) is 28.9 Å². The topological polar surface area (TPSA) is 50.2 Å². The largest absolute Gasteiger partial charge is 0.339 e. The zero-order valence-electron chi connectivity index (χ0n) is 14.5. The maximum atomic E-state index is 13.1. The van der Waals surface area contributed by atoms with E-state index in [1.807, 2.05) is 18.9 Å². The molecule has 0 atom stereocenters. The average molecular weight is 367 g/mol. The number of carbonyl (C=O) groups is 1. The van der Waals surface area contributed by atoms with Gasteiger partial charge in [0, 0.05) is 13.1 Å². The van der Waals surface area contributed by atoms with E-state index >= 15 is 0 Å². The van der Waals surface area contributed by atoms with Crippen molar-refractivity contribution in [2.24, 2.45) is 5.92 Å². The van der Waals surface area contributed by atoms with E-state index in [-0.39, 0.29) is 24.1 Å². The van der Waals surface area contributed by atoms with E-state index in [1.165, 1.54) is 12.1 Å². The quantitative estimate of drug-likeness (QED) is 0.905. The predicted octanol–water partition coefficient (Wildman–Crippen LogP) is 2.81. The number of halogens is 2. The summed E-state index contributed by atoms with van der Waals surface area (Å²) >= 11 is 0. The summed E-state index contributed by atoms with van der Waals surface area (Å²) in [5.74, 6) is 0.384. The zero-order chi connectivity index (χ0) is 17.1. The molecule has 1 aromatic carbocycles. The average Bonchev–Trinajstić information content (AvgIpc) is 2.97. The lowest BCUT2D eigenvalue weighted by atomic mass is 9.96. The first kappa shape index (κ1) is 19.4.